The van der Waals surface area contributed by atoms with E-state index in [0.717, 1.165) is 40.2 Å². The summed E-state index contributed by atoms with van der Waals surface area (Å²) < 4.78 is 6.89. The first kappa shape index (κ1) is 13.2. The van der Waals surface area contributed by atoms with E-state index >= 15 is 0 Å². The van der Waals surface area contributed by atoms with Crippen LogP contribution in [-0.2, 0) is 4.74 Å². The van der Waals surface area contributed by atoms with Crippen LogP contribution in [0.4, 0.5) is 0 Å². The Balaban J connectivity index is 2.27. The molecule has 1 N–H and O–H groups in total. The Kier molecular flexibility index (Phi) is 4.74. The van der Waals surface area contributed by atoms with Crippen LogP contribution in [0, 0.1) is 0 Å². The van der Waals surface area contributed by atoms with Crippen LogP contribution in [0.15, 0.2) is 17.9 Å². The lowest BCUT2D eigenvalue weighted by Gasteiger charge is -2.23. The highest BCUT2D eigenvalue weighted by Crippen LogP contribution is 2.39. The van der Waals surface area contributed by atoms with Crippen LogP contribution in [-0.4, -0.2) is 13.2 Å². The molecule has 1 aliphatic rings. The van der Waals surface area contributed by atoms with E-state index in [1.165, 1.54) is 16.9 Å². The van der Waals surface area contributed by atoms with Gasteiger partial charge in [-0.15, -0.1) is 11.3 Å². The van der Waals surface area contributed by atoms with Gasteiger partial charge in [-0.2, -0.15) is 0 Å². The Morgan fingerprint density at radius 3 is 2.88 bits per heavy atom. The summed E-state index contributed by atoms with van der Waals surface area (Å²) in [5, 5.41) is 3.44. The lowest BCUT2D eigenvalue weighted by molar-refractivity contribution is 0.219. The zero-order valence-corrected chi connectivity index (χ0v) is 12.0. The molecule has 0 aromatic carbocycles. The lowest BCUT2D eigenvalue weighted by Crippen LogP contribution is -2.24. The summed E-state index contributed by atoms with van der Waals surface area (Å²) in [6, 6.07) is 2.06. The van der Waals surface area contributed by atoms with Gasteiger partial charge in [-0.1, -0.05) is 30.1 Å². The van der Waals surface area contributed by atoms with Gasteiger partial charge in [-0.25, -0.2) is 0 Å². The summed E-state index contributed by atoms with van der Waals surface area (Å²) in [6.45, 7) is 3.77. The van der Waals surface area contributed by atoms with Crippen molar-refractivity contribution < 1.29 is 4.74 Å². The minimum atomic E-state index is 0.122. The van der Waals surface area contributed by atoms with E-state index in [1.807, 2.05) is 12.3 Å². The number of hydrogen-bond donors (Lipinski definition) is 1. The zero-order chi connectivity index (χ0) is 12.3. The van der Waals surface area contributed by atoms with Crippen molar-refractivity contribution in [2.45, 2.75) is 25.8 Å². The van der Waals surface area contributed by atoms with Gasteiger partial charge in [0.15, 0.2) is 0 Å². The predicted molar refractivity (Wildman–Crippen MR) is 74.0 cm³/mol. The van der Waals surface area contributed by atoms with Crippen molar-refractivity contribution in [1.82, 2.24) is 5.32 Å². The summed E-state index contributed by atoms with van der Waals surface area (Å²) in [6.07, 6.45) is 3.96. The van der Waals surface area contributed by atoms with Crippen LogP contribution in [0.5, 0.6) is 0 Å². The second-order valence-electron chi connectivity index (χ2n) is 3.94. The standard InChI is InChI=1S/C12H15Cl2NOS/c1-2-15-11(8-4-3-5-16-7-8)9-6-10(13)17-12(9)14/h6-7,11,15H,2-5H2,1H3. The highest BCUT2D eigenvalue weighted by Gasteiger charge is 2.22. The SMILES string of the molecule is CCNC(C1=COCCC1)c1cc(Cl)sc1Cl. The summed E-state index contributed by atoms with van der Waals surface area (Å²) in [5.41, 5.74) is 2.30. The van der Waals surface area contributed by atoms with Crippen molar-refractivity contribution in [2.75, 3.05) is 13.2 Å². The molecule has 0 saturated heterocycles. The van der Waals surface area contributed by atoms with Gasteiger partial charge in [0.2, 0.25) is 0 Å². The summed E-state index contributed by atoms with van der Waals surface area (Å²) in [5.74, 6) is 0. The van der Waals surface area contributed by atoms with Crippen LogP contribution < -0.4 is 5.32 Å². The minimum Gasteiger partial charge on any atom is -0.501 e. The van der Waals surface area contributed by atoms with Crippen LogP contribution in [0.3, 0.4) is 0 Å². The van der Waals surface area contributed by atoms with E-state index in [4.69, 9.17) is 27.9 Å². The molecule has 2 nitrogen and oxygen atoms in total. The molecule has 0 spiro atoms. The Labute approximate surface area is 116 Å². The average Bonchev–Trinajstić information content (AvgIpc) is 2.66. The molecule has 0 radical (unpaired) electrons. The minimum absolute atomic E-state index is 0.122. The molecule has 1 aliphatic heterocycles. The molecule has 0 aliphatic carbocycles. The first-order valence-corrected chi connectivity index (χ1v) is 7.28. The van der Waals surface area contributed by atoms with Crippen molar-refractivity contribution in [3.8, 4) is 0 Å². The zero-order valence-electron chi connectivity index (χ0n) is 9.63. The molecule has 2 rings (SSSR count). The molecular formula is C12H15Cl2NOS. The number of likely N-dealkylation sites (N-methyl/N-ethyl adjacent to an activating group) is 1. The Morgan fingerprint density at radius 1 is 1.53 bits per heavy atom. The van der Waals surface area contributed by atoms with E-state index in [2.05, 4.69) is 12.2 Å². The van der Waals surface area contributed by atoms with E-state index in [0.29, 0.717) is 0 Å². The van der Waals surface area contributed by atoms with Crippen LogP contribution in [0.1, 0.15) is 31.4 Å². The molecule has 0 bridgehead atoms. The summed E-state index contributed by atoms with van der Waals surface area (Å²) in [7, 11) is 0. The van der Waals surface area contributed by atoms with E-state index in [1.54, 1.807) is 0 Å². The Hall–Kier alpha value is -0.220. The fourth-order valence-electron chi connectivity index (χ4n) is 1.99. The topological polar surface area (TPSA) is 21.3 Å². The van der Waals surface area contributed by atoms with Gasteiger partial charge in [0.05, 0.1) is 27.6 Å². The largest absolute Gasteiger partial charge is 0.501 e. The molecule has 2 heterocycles. The number of halogens is 2. The fourth-order valence-corrected chi connectivity index (χ4v) is 3.52. The Bertz CT molecular complexity index is 417. The molecule has 1 aromatic heterocycles. The number of thiophene rings is 1. The number of rotatable bonds is 4. The molecule has 0 saturated carbocycles. The van der Waals surface area contributed by atoms with Crippen molar-refractivity contribution in [1.29, 1.82) is 0 Å². The molecule has 1 atom stereocenters. The summed E-state index contributed by atoms with van der Waals surface area (Å²) >= 11 is 13.6. The van der Waals surface area contributed by atoms with Gasteiger partial charge in [0.1, 0.15) is 0 Å². The fraction of sp³-hybridized carbons (Fsp3) is 0.500. The van der Waals surface area contributed by atoms with Crippen LogP contribution >= 0.6 is 34.5 Å². The molecule has 5 heteroatoms. The third kappa shape index (κ3) is 3.16. The second kappa shape index (κ2) is 6.10. The van der Waals surface area contributed by atoms with E-state index < -0.39 is 0 Å². The van der Waals surface area contributed by atoms with Crippen molar-refractivity contribution in [2.24, 2.45) is 0 Å². The highest BCUT2D eigenvalue weighted by atomic mass is 35.5. The molecule has 0 amide bonds. The first-order chi connectivity index (χ1) is 8.22. The molecule has 1 unspecified atom stereocenters. The van der Waals surface area contributed by atoms with Crippen molar-refractivity contribution >= 4 is 34.5 Å². The highest BCUT2D eigenvalue weighted by molar-refractivity contribution is 7.20. The lowest BCUT2D eigenvalue weighted by atomic mass is 9.97. The molecule has 94 valence electrons. The third-order valence-electron chi connectivity index (χ3n) is 2.74. The number of ether oxygens (including phenoxy) is 1. The second-order valence-corrected chi connectivity index (χ2v) is 6.22. The average molecular weight is 292 g/mol. The van der Waals surface area contributed by atoms with E-state index in [-0.39, 0.29) is 6.04 Å². The van der Waals surface area contributed by atoms with Crippen LogP contribution in [0.25, 0.3) is 0 Å². The quantitative estimate of drug-likeness (QED) is 0.888. The molecule has 17 heavy (non-hydrogen) atoms. The number of nitrogens with one attached hydrogen (secondary N) is 1. The van der Waals surface area contributed by atoms with Gasteiger partial charge in [-0.3, -0.25) is 0 Å². The number of hydrogen-bond acceptors (Lipinski definition) is 3. The van der Waals surface area contributed by atoms with Gasteiger partial charge in [0, 0.05) is 5.56 Å². The van der Waals surface area contributed by atoms with Crippen LogP contribution in [0.2, 0.25) is 8.67 Å². The maximum atomic E-state index is 6.22. The first-order valence-electron chi connectivity index (χ1n) is 5.71. The summed E-state index contributed by atoms with van der Waals surface area (Å²) in [4.78, 5) is 0. The molecular weight excluding hydrogens is 277 g/mol. The van der Waals surface area contributed by atoms with Gasteiger partial charge < -0.3 is 10.1 Å². The maximum absolute atomic E-state index is 6.22. The van der Waals surface area contributed by atoms with Gasteiger partial charge in [0.25, 0.3) is 0 Å². The third-order valence-corrected chi connectivity index (χ3v) is 4.25. The maximum Gasteiger partial charge on any atom is 0.0995 e. The van der Waals surface area contributed by atoms with Crippen molar-refractivity contribution in [3.05, 3.63) is 32.1 Å². The normalized spacial score (nSPS) is 17.5. The van der Waals surface area contributed by atoms with E-state index in [9.17, 15) is 0 Å². The van der Waals surface area contributed by atoms with Gasteiger partial charge >= 0.3 is 0 Å². The predicted octanol–water partition coefficient (Wildman–Crippen LogP) is 4.40. The molecule has 1 aromatic rings. The van der Waals surface area contributed by atoms with Crippen molar-refractivity contribution in [3.63, 3.8) is 0 Å². The Morgan fingerprint density at radius 2 is 2.35 bits per heavy atom. The van der Waals surface area contributed by atoms with Gasteiger partial charge in [-0.05, 0) is 31.0 Å². The monoisotopic (exact) mass is 291 g/mol. The molecule has 0 fully saturated rings. The smallest absolute Gasteiger partial charge is 0.0995 e.